The molecule has 12 heterocycles. The van der Waals surface area contributed by atoms with Gasteiger partial charge in [0.1, 0.15) is 39.9 Å². The summed E-state index contributed by atoms with van der Waals surface area (Å²) < 4.78 is 11.7. The molecule has 11 aromatic rings. The third-order valence-corrected chi connectivity index (χ3v) is 15.5. The highest BCUT2D eigenvalue weighted by Gasteiger charge is 2.23. The third kappa shape index (κ3) is 15.5. The summed E-state index contributed by atoms with van der Waals surface area (Å²) in [5, 5.41) is 33.2. The number of hydrogen-bond acceptors (Lipinski definition) is 18. The van der Waals surface area contributed by atoms with Gasteiger partial charge in [0, 0.05) is 67.4 Å². The van der Waals surface area contributed by atoms with Crippen molar-refractivity contribution in [2.75, 3.05) is 27.8 Å². The van der Waals surface area contributed by atoms with Crippen molar-refractivity contribution in [1.82, 2.24) is 97.9 Å². The molecule has 0 saturated carbocycles. The Hall–Kier alpha value is -10.9. The highest BCUT2D eigenvalue weighted by molar-refractivity contribution is 6.35. The quantitative estimate of drug-likeness (QED) is 0.0885. The SMILES string of the molecule is CC1=NCC(C)=C1C(=O)Nc1cnc(-c2cc(C)nn2C)cn1.Cc1cc(-c2cnc(NC(=O)c3c(Cl)c(C)cn3C)cn2)n(C)n1.Cc1cc(-c2cnc(NC(=O)c3c(Cl)c(C)nn3C)cn2)n(C)n1.Cc1cc(-c2cnc(NC(=O)c3c(Cl)ccn3C)cn2)n(C)n1. The molecule has 484 valence electrons. The fraction of sp³-hybridized carbons (Fsp3) is 0.258. The van der Waals surface area contributed by atoms with E-state index in [1.165, 1.54) is 23.3 Å². The van der Waals surface area contributed by atoms with Crippen molar-refractivity contribution < 1.29 is 19.2 Å². The first-order chi connectivity index (χ1) is 44.6. The number of nitrogens with one attached hydrogen (secondary N) is 4. The molecule has 1 aliphatic heterocycles. The lowest BCUT2D eigenvalue weighted by atomic mass is 10.1. The van der Waals surface area contributed by atoms with Gasteiger partial charge in [-0.1, -0.05) is 34.8 Å². The number of hydrogen-bond donors (Lipinski definition) is 4. The lowest BCUT2D eigenvalue weighted by molar-refractivity contribution is -0.112. The third-order valence-electron chi connectivity index (χ3n) is 14.3. The van der Waals surface area contributed by atoms with E-state index in [9.17, 15) is 19.2 Å². The molecule has 0 unspecified atom stereocenters. The molecule has 12 rings (SSSR count). The smallest absolute Gasteiger partial charge is 0.276 e. The molecule has 0 aromatic carbocycles. The van der Waals surface area contributed by atoms with E-state index in [4.69, 9.17) is 34.8 Å². The second-order valence-electron chi connectivity index (χ2n) is 21.8. The van der Waals surface area contributed by atoms with E-state index in [-0.39, 0.29) is 29.3 Å². The fourth-order valence-electron chi connectivity index (χ4n) is 9.93. The zero-order valence-electron chi connectivity index (χ0n) is 54.0. The largest absolute Gasteiger partial charge is 0.345 e. The predicted octanol–water partition coefficient (Wildman–Crippen LogP) is 9.22. The molecular formula is C62H66Cl3N25O4. The average Bonchev–Trinajstić information content (AvgIpc) is 1.67. The summed E-state index contributed by atoms with van der Waals surface area (Å²) >= 11 is 18.3. The van der Waals surface area contributed by atoms with Crippen LogP contribution < -0.4 is 21.3 Å². The van der Waals surface area contributed by atoms with Gasteiger partial charge in [-0.2, -0.15) is 25.5 Å². The lowest BCUT2D eigenvalue weighted by Crippen LogP contribution is -2.19. The van der Waals surface area contributed by atoms with Crippen molar-refractivity contribution in [2.45, 2.75) is 55.4 Å². The zero-order chi connectivity index (χ0) is 68.0. The molecular weight excluding hydrogens is 1270 g/mol. The number of nitrogens with zero attached hydrogens (tertiary/aromatic N) is 21. The van der Waals surface area contributed by atoms with Crippen LogP contribution >= 0.6 is 34.8 Å². The molecule has 4 amide bonds. The molecule has 4 N–H and O–H groups in total. The average molecular weight is 1330 g/mol. The van der Waals surface area contributed by atoms with Crippen LogP contribution in [0.25, 0.3) is 45.6 Å². The Labute approximate surface area is 554 Å². The molecule has 0 radical (unpaired) electrons. The van der Waals surface area contributed by atoms with Crippen molar-refractivity contribution >= 4 is 87.4 Å². The van der Waals surface area contributed by atoms with Crippen molar-refractivity contribution in [1.29, 1.82) is 0 Å². The van der Waals surface area contributed by atoms with Gasteiger partial charge < -0.3 is 30.4 Å². The summed E-state index contributed by atoms with van der Waals surface area (Å²) in [5.74, 6) is 0.221. The van der Waals surface area contributed by atoms with Gasteiger partial charge >= 0.3 is 0 Å². The minimum Gasteiger partial charge on any atom is -0.345 e. The Morgan fingerprint density at radius 1 is 0.415 bits per heavy atom. The molecule has 1 aliphatic rings. The fourth-order valence-corrected chi connectivity index (χ4v) is 10.7. The number of aromatic nitrogens is 20. The highest BCUT2D eigenvalue weighted by Crippen LogP contribution is 2.27. The summed E-state index contributed by atoms with van der Waals surface area (Å²) in [7, 11) is 12.6. The second-order valence-corrected chi connectivity index (χ2v) is 22.9. The van der Waals surface area contributed by atoms with E-state index in [0.717, 1.165) is 62.4 Å². The van der Waals surface area contributed by atoms with Crippen LogP contribution in [0.5, 0.6) is 0 Å². The van der Waals surface area contributed by atoms with Crippen molar-refractivity contribution in [3.05, 3.63) is 170 Å². The van der Waals surface area contributed by atoms with Crippen LogP contribution in [-0.4, -0.2) is 134 Å². The molecule has 0 fully saturated rings. The van der Waals surface area contributed by atoms with Crippen LogP contribution in [0.3, 0.4) is 0 Å². The molecule has 0 aliphatic carbocycles. The van der Waals surface area contributed by atoms with Crippen molar-refractivity contribution in [3.63, 3.8) is 0 Å². The lowest BCUT2D eigenvalue weighted by Gasteiger charge is -2.07. The van der Waals surface area contributed by atoms with Crippen LogP contribution in [0.4, 0.5) is 23.3 Å². The first-order valence-corrected chi connectivity index (χ1v) is 29.9. The van der Waals surface area contributed by atoms with Gasteiger partial charge in [0.15, 0.2) is 23.3 Å². The van der Waals surface area contributed by atoms with Gasteiger partial charge in [-0.25, -0.2) is 39.9 Å². The van der Waals surface area contributed by atoms with Crippen LogP contribution in [-0.2, 0) is 54.1 Å². The summed E-state index contributed by atoms with van der Waals surface area (Å²) in [5.41, 5.74) is 14.7. The Bertz CT molecular complexity index is 4530. The van der Waals surface area contributed by atoms with Gasteiger partial charge in [-0.05, 0) is 96.9 Å². The number of rotatable bonds is 12. The number of carbonyl (C=O) groups is 4. The van der Waals surface area contributed by atoms with Gasteiger partial charge in [-0.15, -0.1) is 0 Å². The first-order valence-electron chi connectivity index (χ1n) is 28.7. The minimum absolute atomic E-state index is 0.195. The Morgan fingerprint density at radius 2 is 0.777 bits per heavy atom. The maximum atomic E-state index is 12.4. The standard InChI is InChI=1S/C16H17ClN6O.C16H18N6O.C15H16ClN7O.C15H15ClN6O/c1-9-8-22(3)15(14(9)17)16(24)20-13-7-18-11(6-19-13)12-5-10(2)21-23(12)4;1-9-6-17-11(3)15(9)16(23)20-14-8-18-12(7-19-14)13-5-10(2)21-22(13)4;1-8-5-11(22(3)20-8)10-6-18-12(7-17-10)19-15(24)14-13(16)9(2)21-23(14)4;1-9-6-12(22(3)20-9)11-7-18-13(8-17-11)19-15(23)14-10(16)4-5-21(14)2/h5-8H,1-4H3,(H,19,20,24);5,7-8H,6H2,1-4H3,(H,19,20,23);5-7H,1-4H3,(H,18,19,24);4-8H,1-3H3,(H,18,19,23). The minimum atomic E-state index is -0.387. The summed E-state index contributed by atoms with van der Waals surface area (Å²) in [6.45, 7) is 15.6. The van der Waals surface area contributed by atoms with Crippen molar-refractivity contribution in [3.8, 4) is 45.6 Å². The molecule has 0 atom stereocenters. The molecule has 11 aromatic heterocycles. The number of aliphatic imine (C=N–C) groups is 1. The number of amides is 4. The summed E-state index contributed by atoms with van der Waals surface area (Å²) in [4.78, 5) is 87.9. The maximum absolute atomic E-state index is 12.4. The molecule has 0 saturated heterocycles. The van der Waals surface area contributed by atoms with Crippen LogP contribution in [0, 0.1) is 41.5 Å². The second kappa shape index (κ2) is 28.7. The maximum Gasteiger partial charge on any atom is 0.276 e. The molecule has 94 heavy (non-hydrogen) atoms. The highest BCUT2D eigenvalue weighted by atomic mass is 35.5. The van der Waals surface area contributed by atoms with E-state index in [1.54, 1.807) is 105 Å². The van der Waals surface area contributed by atoms with Crippen molar-refractivity contribution in [2.24, 2.45) is 54.3 Å². The van der Waals surface area contributed by atoms with E-state index in [0.29, 0.717) is 90.3 Å². The van der Waals surface area contributed by atoms with E-state index in [2.05, 4.69) is 91.6 Å². The summed E-state index contributed by atoms with van der Waals surface area (Å²) in [6.07, 6.45) is 16.0. The zero-order valence-corrected chi connectivity index (χ0v) is 56.3. The van der Waals surface area contributed by atoms with Crippen LogP contribution in [0.1, 0.15) is 79.3 Å². The van der Waals surface area contributed by atoms with Gasteiger partial charge in [0.2, 0.25) is 0 Å². The number of carbonyl (C=O) groups excluding carboxylic acids is 4. The van der Waals surface area contributed by atoms with Crippen LogP contribution in [0.2, 0.25) is 15.1 Å². The number of halogens is 3. The summed E-state index contributed by atoms with van der Waals surface area (Å²) in [6, 6.07) is 9.37. The normalized spacial score (nSPS) is 11.7. The molecule has 0 bridgehead atoms. The Kier molecular flexibility index (Phi) is 20.6. The van der Waals surface area contributed by atoms with E-state index >= 15 is 0 Å². The van der Waals surface area contributed by atoms with Gasteiger partial charge in [0.25, 0.3) is 23.6 Å². The van der Waals surface area contributed by atoms with E-state index in [1.807, 2.05) is 101 Å². The Morgan fingerprint density at radius 3 is 1.04 bits per heavy atom. The molecule has 32 heteroatoms. The Balaban J connectivity index is 0.000000148. The molecule has 0 spiro atoms. The van der Waals surface area contributed by atoms with Crippen LogP contribution in [0.15, 0.2) is 108 Å². The topological polar surface area (TPSA) is 331 Å². The monoisotopic (exact) mass is 1330 g/mol. The predicted molar refractivity (Wildman–Crippen MR) is 358 cm³/mol. The van der Waals surface area contributed by atoms with Gasteiger partial charge in [-0.3, -0.25) is 47.6 Å². The number of anilines is 4. The first kappa shape index (κ1) is 67.5. The van der Waals surface area contributed by atoms with Gasteiger partial charge in [0.05, 0.1) is 128 Å². The van der Waals surface area contributed by atoms with E-state index < -0.39 is 0 Å². The number of aryl methyl sites for hydroxylation is 13. The molecule has 29 nitrogen and oxygen atoms in total.